The van der Waals surface area contributed by atoms with Crippen LogP contribution in [0.5, 0.6) is 5.75 Å². The molecule has 0 aliphatic carbocycles. The maximum Gasteiger partial charge on any atom is 0.269 e. The molecular weight excluding hydrogens is 316 g/mol. The first-order valence-corrected chi connectivity index (χ1v) is 7.96. The third-order valence-electron chi connectivity index (χ3n) is 3.66. The lowest BCUT2D eigenvalue weighted by Gasteiger charge is -2.20. The Balaban J connectivity index is 1.87. The lowest BCUT2D eigenvalue weighted by atomic mass is 10.2. The van der Waals surface area contributed by atoms with Crippen molar-refractivity contribution in [1.82, 2.24) is 9.59 Å². The van der Waals surface area contributed by atoms with Gasteiger partial charge in [-0.3, -0.25) is 9.59 Å². The van der Waals surface area contributed by atoms with Gasteiger partial charge in [0.2, 0.25) is 5.91 Å². The van der Waals surface area contributed by atoms with Gasteiger partial charge in [0, 0.05) is 18.7 Å². The van der Waals surface area contributed by atoms with Gasteiger partial charge in [-0.1, -0.05) is 4.49 Å². The number of hydrogen-bond acceptors (Lipinski definition) is 6. The Morgan fingerprint density at radius 3 is 2.87 bits per heavy atom. The van der Waals surface area contributed by atoms with E-state index in [2.05, 4.69) is 14.9 Å². The molecule has 1 aromatic heterocycles. The topological polar surface area (TPSA) is 84.4 Å². The molecule has 1 aliphatic rings. The van der Waals surface area contributed by atoms with Crippen LogP contribution in [-0.4, -0.2) is 35.1 Å². The van der Waals surface area contributed by atoms with Gasteiger partial charge < -0.3 is 15.0 Å². The van der Waals surface area contributed by atoms with E-state index >= 15 is 0 Å². The minimum atomic E-state index is -0.263. The van der Waals surface area contributed by atoms with E-state index in [1.807, 2.05) is 0 Å². The van der Waals surface area contributed by atoms with Crippen LogP contribution in [0.3, 0.4) is 0 Å². The van der Waals surface area contributed by atoms with Gasteiger partial charge in [-0.15, -0.1) is 5.10 Å². The molecule has 0 radical (unpaired) electrons. The van der Waals surface area contributed by atoms with Gasteiger partial charge in [0.1, 0.15) is 10.6 Å². The summed E-state index contributed by atoms with van der Waals surface area (Å²) in [6.45, 7) is 2.39. The highest BCUT2D eigenvalue weighted by molar-refractivity contribution is 7.08. The fourth-order valence-electron chi connectivity index (χ4n) is 2.51. The monoisotopic (exact) mass is 332 g/mol. The van der Waals surface area contributed by atoms with E-state index in [0.717, 1.165) is 18.0 Å². The smallest absolute Gasteiger partial charge is 0.269 e. The molecule has 2 amide bonds. The van der Waals surface area contributed by atoms with Crippen LogP contribution >= 0.6 is 11.5 Å². The largest absolute Gasteiger partial charge is 0.495 e. The molecule has 1 aliphatic heterocycles. The lowest BCUT2D eigenvalue weighted by molar-refractivity contribution is -0.117. The van der Waals surface area contributed by atoms with Crippen LogP contribution in [0.15, 0.2) is 18.2 Å². The maximum absolute atomic E-state index is 12.3. The number of carbonyl (C=O) groups is 2. The molecule has 3 rings (SSSR count). The minimum absolute atomic E-state index is 0.0641. The first kappa shape index (κ1) is 15.4. The van der Waals surface area contributed by atoms with Gasteiger partial charge in [0.25, 0.3) is 5.91 Å². The summed E-state index contributed by atoms with van der Waals surface area (Å²) in [4.78, 5) is 26.4. The zero-order valence-electron chi connectivity index (χ0n) is 12.8. The predicted molar refractivity (Wildman–Crippen MR) is 87.2 cm³/mol. The molecule has 120 valence electrons. The molecule has 0 unspecified atom stereocenters. The zero-order chi connectivity index (χ0) is 16.4. The molecule has 0 atom stereocenters. The Kier molecular flexibility index (Phi) is 4.24. The van der Waals surface area contributed by atoms with Crippen molar-refractivity contribution >= 4 is 34.7 Å². The Labute approximate surface area is 137 Å². The molecule has 1 fully saturated rings. The second-order valence-corrected chi connectivity index (χ2v) is 5.93. The molecule has 1 aromatic carbocycles. The molecule has 8 heteroatoms. The minimum Gasteiger partial charge on any atom is -0.495 e. The first-order valence-electron chi connectivity index (χ1n) is 7.19. The van der Waals surface area contributed by atoms with E-state index < -0.39 is 0 Å². The van der Waals surface area contributed by atoms with Gasteiger partial charge in [0.05, 0.1) is 18.5 Å². The van der Waals surface area contributed by atoms with Gasteiger partial charge >= 0.3 is 0 Å². The van der Waals surface area contributed by atoms with E-state index in [4.69, 9.17) is 4.74 Å². The van der Waals surface area contributed by atoms with Crippen LogP contribution in [-0.2, 0) is 4.79 Å². The number of nitrogens with one attached hydrogen (secondary N) is 1. The maximum atomic E-state index is 12.3. The third kappa shape index (κ3) is 3.02. The molecule has 0 saturated carbocycles. The third-order valence-corrected chi connectivity index (χ3v) is 4.49. The number of ether oxygens (including phenoxy) is 1. The summed E-state index contributed by atoms with van der Waals surface area (Å²) in [6.07, 6.45) is 1.36. The molecule has 7 nitrogen and oxygen atoms in total. The van der Waals surface area contributed by atoms with Crippen LogP contribution in [0.2, 0.25) is 0 Å². The van der Waals surface area contributed by atoms with E-state index in [1.54, 1.807) is 37.1 Å². The number of rotatable bonds is 4. The molecule has 2 aromatic rings. The number of aromatic nitrogens is 2. The number of hydrogen-bond donors (Lipinski definition) is 1. The number of methoxy groups -OCH3 is 1. The van der Waals surface area contributed by atoms with E-state index in [0.29, 0.717) is 40.7 Å². The molecule has 2 heterocycles. The van der Waals surface area contributed by atoms with Crippen molar-refractivity contribution in [2.45, 2.75) is 19.8 Å². The van der Waals surface area contributed by atoms with Crippen molar-refractivity contribution < 1.29 is 14.3 Å². The van der Waals surface area contributed by atoms with Crippen molar-refractivity contribution in [2.75, 3.05) is 23.9 Å². The summed E-state index contributed by atoms with van der Waals surface area (Å²) in [5.41, 5.74) is 1.86. The summed E-state index contributed by atoms with van der Waals surface area (Å²) in [7, 11) is 1.56. The van der Waals surface area contributed by atoms with Crippen molar-refractivity contribution in [3.8, 4) is 5.75 Å². The fraction of sp³-hybridized carbons (Fsp3) is 0.333. The predicted octanol–water partition coefficient (Wildman–Crippen LogP) is 2.23. The van der Waals surface area contributed by atoms with Crippen molar-refractivity contribution in [3.63, 3.8) is 0 Å². The average molecular weight is 332 g/mol. The SMILES string of the molecule is COc1ccc(NC(=O)c2snnc2C)cc1N1CCCC1=O. The summed E-state index contributed by atoms with van der Waals surface area (Å²) >= 11 is 1.05. The van der Waals surface area contributed by atoms with Crippen LogP contribution in [0, 0.1) is 6.92 Å². The number of benzene rings is 1. The highest BCUT2D eigenvalue weighted by Crippen LogP contribution is 2.34. The Morgan fingerprint density at radius 1 is 1.43 bits per heavy atom. The normalized spacial score (nSPS) is 14.2. The number of carbonyl (C=O) groups excluding carboxylic acids is 2. The molecule has 1 saturated heterocycles. The van der Waals surface area contributed by atoms with Crippen LogP contribution in [0.4, 0.5) is 11.4 Å². The van der Waals surface area contributed by atoms with Gasteiger partial charge in [-0.05, 0) is 43.1 Å². The van der Waals surface area contributed by atoms with E-state index in [1.165, 1.54) is 0 Å². The average Bonchev–Trinajstić information content (AvgIpc) is 3.15. The second kappa shape index (κ2) is 6.33. The van der Waals surface area contributed by atoms with Gasteiger partial charge in [-0.25, -0.2) is 0 Å². The fourth-order valence-corrected chi connectivity index (χ4v) is 3.06. The van der Waals surface area contributed by atoms with Gasteiger partial charge in [-0.2, -0.15) is 0 Å². The van der Waals surface area contributed by atoms with Crippen LogP contribution in [0.1, 0.15) is 28.2 Å². The Hall–Kier alpha value is -2.48. The molecule has 23 heavy (non-hydrogen) atoms. The first-order chi connectivity index (χ1) is 11.1. The summed E-state index contributed by atoms with van der Waals surface area (Å²) in [5, 5.41) is 6.65. The zero-order valence-corrected chi connectivity index (χ0v) is 13.6. The quantitative estimate of drug-likeness (QED) is 0.928. The highest BCUT2D eigenvalue weighted by atomic mass is 32.1. The second-order valence-electron chi connectivity index (χ2n) is 5.18. The summed E-state index contributed by atoms with van der Waals surface area (Å²) < 4.78 is 9.09. The molecule has 1 N–H and O–H groups in total. The summed E-state index contributed by atoms with van der Waals surface area (Å²) in [5.74, 6) is 0.407. The molecular formula is C15H16N4O3S. The number of aryl methyl sites for hydroxylation is 1. The Morgan fingerprint density at radius 2 is 2.26 bits per heavy atom. The van der Waals surface area contributed by atoms with Crippen LogP contribution < -0.4 is 15.0 Å². The van der Waals surface area contributed by atoms with Crippen LogP contribution in [0.25, 0.3) is 0 Å². The lowest BCUT2D eigenvalue weighted by Crippen LogP contribution is -2.24. The van der Waals surface area contributed by atoms with E-state index in [-0.39, 0.29) is 11.8 Å². The van der Waals surface area contributed by atoms with Gasteiger partial charge in [0.15, 0.2) is 0 Å². The standard InChI is InChI=1S/C15H16N4O3S/c1-9-14(23-18-17-9)15(21)16-10-5-6-12(22-2)11(8-10)19-7-3-4-13(19)20/h5-6,8H,3-4,7H2,1-2H3,(H,16,21). The van der Waals surface area contributed by atoms with Crippen molar-refractivity contribution in [3.05, 3.63) is 28.8 Å². The van der Waals surface area contributed by atoms with Crippen molar-refractivity contribution in [1.29, 1.82) is 0 Å². The molecule has 0 spiro atoms. The van der Waals surface area contributed by atoms with E-state index in [9.17, 15) is 9.59 Å². The highest BCUT2D eigenvalue weighted by Gasteiger charge is 2.25. The van der Waals surface area contributed by atoms with Crippen molar-refractivity contribution in [2.24, 2.45) is 0 Å². The number of anilines is 2. The summed E-state index contributed by atoms with van der Waals surface area (Å²) in [6, 6.07) is 5.24. The molecule has 0 bridgehead atoms. The number of amides is 2. The number of nitrogens with zero attached hydrogens (tertiary/aromatic N) is 3. The Bertz CT molecular complexity index is 759.